The zero-order valence-corrected chi connectivity index (χ0v) is 10.3. The summed E-state index contributed by atoms with van der Waals surface area (Å²) in [6.45, 7) is 2.70. The Labute approximate surface area is 102 Å². The van der Waals surface area contributed by atoms with Crippen molar-refractivity contribution in [2.45, 2.75) is 38.8 Å². The molecular formula is C14H20N2O. The minimum Gasteiger partial charge on any atom is -0.349 e. The van der Waals surface area contributed by atoms with Gasteiger partial charge in [-0.1, -0.05) is 25.5 Å². The maximum Gasteiger partial charge on any atom is 0.251 e. The molecule has 3 heteroatoms. The average Bonchev–Trinajstić information content (AvgIpc) is 3.08. The number of benzene rings is 1. The lowest BCUT2D eigenvalue weighted by molar-refractivity contribution is 0.0949. The monoisotopic (exact) mass is 232 g/mol. The summed E-state index contributed by atoms with van der Waals surface area (Å²) in [5.41, 5.74) is 7.30. The summed E-state index contributed by atoms with van der Waals surface area (Å²) < 4.78 is 0. The molecule has 92 valence electrons. The fraction of sp³-hybridized carbons (Fsp3) is 0.500. The predicted octanol–water partition coefficient (Wildman–Crippen LogP) is 2.06. The molecule has 0 radical (unpaired) electrons. The highest BCUT2D eigenvalue weighted by molar-refractivity contribution is 5.94. The maximum atomic E-state index is 11.9. The van der Waals surface area contributed by atoms with Crippen molar-refractivity contribution < 1.29 is 4.79 Å². The molecule has 1 aliphatic carbocycles. The molecule has 3 nitrogen and oxygen atoms in total. The standard InChI is InChI=1S/C14H20N2O/c1-2-3-12-8-13(12)16-14(17)11-6-4-10(9-15)5-7-11/h4-7,12-13H,2-3,8-9,15H2,1H3,(H,16,17). The zero-order chi connectivity index (χ0) is 12.3. The van der Waals surface area contributed by atoms with Crippen LogP contribution in [0.15, 0.2) is 24.3 Å². The molecule has 0 aromatic heterocycles. The predicted molar refractivity (Wildman–Crippen MR) is 68.6 cm³/mol. The van der Waals surface area contributed by atoms with Gasteiger partial charge in [-0.15, -0.1) is 0 Å². The number of amides is 1. The summed E-state index contributed by atoms with van der Waals surface area (Å²) in [4.78, 5) is 11.9. The molecule has 1 saturated carbocycles. The van der Waals surface area contributed by atoms with Gasteiger partial charge in [0.2, 0.25) is 0 Å². The van der Waals surface area contributed by atoms with E-state index in [9.17, 15) is 4.79 Å². The van der Waals surface area contributed by atoms with E-state index in [0.29, 0.717) is 18.5 Å². The van der Waals surface area contributed by atoms with Crippen molar-refractivity contribution in [3.8, 4) is 0 Å². The van der Waals surface area contributed by atoms with Gasteiger partial charge < -0.3 is 11.1 Å². The Hall–Kier alpha value is -1.35. The van der Waals surface area contributed by atoms with Gasteiger partial charge in [0.1, 0.15) is 0 Å². The number of hydrogen-bond donors (Lipinski definition) is 2. The number of nitrogens with one attached hydrogen (secondary N) is 1. The third-order valence-corrected chi connectivity index (χ3v) is 3.35. The fourth-order valence-corrected chi connectivity index (χ4v) is 2.16. The van der Waals surface area contributed by atoms with E-state index in [0.717, 1.165) is 17.5 Å². The first-order valence-electron chi connectivity index (χ1n) is 6.34. The second-order valence-corrected chi connectivity index (χ2v) is 4.77. The van der Waals surface area contributed by atoms with Gasteiger partial charge in [0.05, 0.1) is 0 Å². The van der Waals surface area contributed by atoms with Crippen molar-refractivity contribution in [1.82, 2.24) is 5.32 Å². The lowest BCUT2D eigenvalue weighted by Crippen LogP contribution is -2.26. The molecule has 2 atom stereocenters. The largest absolute Gasteiger partial charge is 0.349 e. The molecule has 1 aliphatic rings. The minimum absolute atomic E-state index is 0.0391. The molecule has 17 heavy (non-hydrogen) atoms. The van der Waals surface area contributed by atoms with Gasteiger partial charge in [-0.2, -0.15) is 0 Å². The van der Waals surface area contributed by atoms with Crippen LogP contribution in [0.5, 0.6) is 0 Å². The molecule has 2 rings (SSSR count). The first-order chi connectivity index (χ1) is 8.24. The lowest BCUT2D eigenvalue weighted by atomic mass is 10.1. The van der Waals surface area contributed by atoms with Crippen molar-refractivity contribution in [1.29, 1.82) is 0 Å². The van der Waals surface area contributed by atoms with Crippen LogP contribution in [0.4, 0.5) is 0 Å². The Morgan fingerprint density at radius 3 is 2.71 bits per heavy atom. The normalized spacial score (nSPS) is 22.2. The van der Waals surface area contributed by atoms with Crippen LogP contribution >= 0.6 is 0 Å². The minimum atomic E-state index is 0.0391. The van der Waals surface area contributed by atoms with E-state index in [1.807, 2.05) is 24.3 Å². The van der Waals surface area contributed by atoms with Gasteiger partial charge in [0.15, 0.2) is 0 Å². The molecule has 0 bridgehead atoms. The van der Waals surface area contributed by atoms with Crippen LogP contribution in [0.2, 0.25) is 0 Å². The molecule has 1 aromatic carbocycles. The van der Waals surface area contributed by atoms with E-state index in [2.05, 4.69) is 12.2 Å². The smallest absolute Gasteiger partial charge is 0.251 e. The Balaban J connectivity index is 1.87. The summed E-state index contributed by atoms with van der Waals surface area (Å²) >= 11 is 0. The highest BCUT2D eigenvalue weighted by Crippen LogP contribution is 2.34. The molecule has 1 fully saturated rings. The number of hydrogen-bond acceptors (Lipinski definition) is 2. The van der Waals surface area contributed by atoms with Gasteiger partial charge in [0, 0.05) is 18.2 Å². The first-order valence-corrected chi connectivity index (χ1v) is 6.34. The van der Waals surface area contributed by atoms with E-state index in [-0.39, 0.29) is 5.91 Å². The van der Waals surface area contributed by atoms with E-state index >= 15 is 0 Å². The van der Waals surface area contributed by atoms with Crippen molar-refractivity contribution in [2.24, 2.45) is 11.7 Å². The summed E-state index contributed by atoms with van der Waals surface area (Å²) in [5, 5.41) is 3.07. The summed E-state index contributed by atoms with van der Waals surface area (Å²) in [6.07, 6.45) is 3.56. The number of nitrogens with two attached hydrogens (primary N) is 1. The first kappa shape index (κ1) is 12.1. The molecule has 0 spiro atoms. The lowest BCUT2D eigenvalue weighted by Gasteiger charge is -2.05. The topological polar surface area (TPSA) is 55.1 Å². The van der Waals surface area contributed by atoms with Crippen molar-refractivity contribution >= 4 is 5.91 Å². The molecule has 0 saturated heterocycles. The third-order valence-electron chi connectivity index (χ3n) is 3.35. The Bertz CT molecular complexity index is 386. The Morgan fingerprint density at radius 2 is 2.12 bits per heavy atom. The highest BCUT2D eigenvalue weighted by atomic mass is 16.1. The van der Waals surface area contributed by atoms with Gasteiger partial charge in [-0.25, -0.2) is 0 Å². The maximum absolute atomic E-state index is 11.9. The van der Waals surface area contributed by atoms with E-state index in [4.69, 9.17) is 5.73 Å². The fourth-order valence-electron chi connectivity index (χ4n) is 2.16. The van der Waals surface area contributed by atoms with E-state index in [1.54, 1.807) is 0 Å². The second kappa shape index (κ2) is 5.32. The molecular weight excluding hydrogens is 212 g/mol. The van der Waals surface area contributed by atoms with Gasteiger partial charge in [-0.05, 0) is 36.5 Å². The second-order valence-electron chi connectivity index (χ2n) is 4.77. The quantitative estimate of drug-likeness (QED) is 0.816. The molecule has 3 N–H and O–H groups in total. The van der Waals surface area contributed by atoms with Crippen LogP contribution in [0.25, 0.3) is 0 Å². The van der Waals surface area contributed by atoms with Gasteiger partial charge in [-0.3, -0.25) is 4.79 Å². The third kappa shape index (κ3) is 3.07. The van der Waals surface area contributed by atoms with Crippen LogP contribution in [0.1, 0.15) is 42.1 Å². The number of carbonyl (C=O) groups is 1. The summed E-state index contributed by atoms with van der Waals surface area (Å²) in [5.74, 6) is 0.740. The molecule has 0 heterocycles. The molecule has 1 amide bonds. The van der Waals surface area contributed by atoms with Crippen LogP contribution in [-0.2, 0) is 6.54 Å². The highest BCUT2D eigenvalue weighted by Gasteiger charge is 2.37. The zero-order valence-electron chi connectivity index (χ0n) is 10.3. The van der Waals surface area contributed by atoms with Crippen LogP contribution in [0, 0.1) is 5.92 Å². The summed E-state index contributed by atoms with van der Waals surface area (Å²) in [6, 6.07) is 7.90. The van der Waals surface area contributed by atoms with E-state index in [1.165, 1.54) is 12.8 Å². The Kier molecular flexibility index (Phi) is 3.79. The van der Waals surface area contributed by atoms with Crippen molar-refractivity contribution in [2.75, 3.05) is 0 Å². The van der Waals surface area contributed by atoms with Crippen LogP contribution in [-0.4, -0.2) is 11.9 Å². The number of carbonyl (C=O) groups excluding carboxylic acids is 1. The van der Waals surface area contributed by atoms with Crippen LogP contribution < -0.4 is 11.1 Å². The van der Waals surface area contributed by atoms with Gasteiger partial charge >= 0.3 is 0 Å². The number of rotatable bonds is 5. The van der Waals surface area contributed by atoms with Crippen LogP contribution in [0.3, 0.4) is 0 Å². The van der Waals surface area contributed by atoms with Crippen molar-refractivity contribution in [3.63, 3.8) is 0 Å². The van der Waals surface area contributed by atoms with Gasteiger partial charge in [0.25, 0.3) is 5.91 Å². The summed E-state index contributed by atoms with van der Waals surface area (Å²) in [7, 11) is 0. The SMILES string of the molecule is CCCC1CC1NC(=O)c1ccc(CN)cc1. The van der Waals surface area contributed by atoms with E-state index < -0.39 is 0 Å². The molecule has 1 aromatic rings. The molecule has 0 aliphatic heterocycles. The average molecular weight is 232 g/mol. The Morgan fingerprint density at radius 1 is 1.41 bits per heavy atom. The van der Waals surface area contributed by atoms with Crippen molar-refractivity contribution in [3.05, 3.63) is 35.4 Å². The molecule has 2 unspecified atom stereocenters.